The Kier molecular flexibility index (Phi) is 6.24. The number of rotatable bonds is 6. The number of ether oxygens (including phenoxy) is 1. The summed E-state index contributed by atoms with van der Waals surface area (Å²) in [5.74, 6) is -0.816. The first-order valence-corrected chi connectivity index (χ1v) is 4.55. The van der Waals surface area contributed by atoms with Gasteiger partial charge in [0, 0.05) is 0 Å². The number of carbonyl (C=O) groups is 1. The predicted octanol–water partition coefficient (Wildman–Crippen LogP) is 1.51. The summed E-state index contributed by atoms with van der Waals surface area (Å²) < 4.78 is 4.59. The predicted molar refractivity (Wildman–Crippen MR) is 51.2 cm³/mol. The fraction of sp³-hybridized carbons (Fsp3) is 0.700. The number of unbranched alkanes of at least 4 members (excludes halogenated alkanes) is 1. The number of esters is 1. The highest BCUT2D eigenvalue weighted by molar-refractivity contribution is 5.73. The molecule has 0 rings (SSSR count). The van der Waals surface area contributed by atoms with Crippen LogP contribution >= 0.6 is 0 Å². The van der Waals surface area contributed by atoms with Crippen molar-refractivity contribution in [3.63, 3.8) is 0 Å². The molecule has 13 heavy (non-hydrogen) atoms. The molecule has 0 spiro atoms. The Hall–Kier alpha value is -0.830. The molecule has 0 aliphatic carbocycles. The molecule has 0 bridgehead atoms. The lowest BCUT2D eigenvalue weighted by Gasteiger charge is -2.17. The second-order valence-electron chi connectivity index (χ2n) is 3.00. The van der Waals surface area contributed by atoms with Gasteiger partial charge in [0.25, 0.3) is 0 Å². The molecule has 0 aliphatic heterocycles. The van der Waals surface area contributed by atoms with Crippen LogP contribution in [-0.4, -0.2) is 24.3 Å². The minimum Gasteiger partial charge on any atom is -0.469 e. The molecular formula is C10H18O3. The summed E-state index contributed by atoms with van der Waals surface area (Å²) in [6.45, 7) is 5.48. The maximum Gasteiger partial charge on any atom is 0.311 e. The molecule has 0 aliphatic rings. The van der Waals surface area contributed by atoms with Gasteiger partial charge in [-0.05, 0) is 6.42 Å². The van der Waals surface area contributed by atoms with Crippen molar-refractivity contribution in [1.29, 1.82) is 0 Å². The smallest absolute Gasteiger partial charge is 0.311 e. The molecule has 0 heterocycles. The summed E-state index contributed by atoms with van der Waals surface area (Å²) in [4.78, 5) is 11.2. The van der Waals surface area contributed by atoms with Gasteiger partial charge < -0.3 is 9.84 Å². The van der Waals surface area contributed by atoms with E-state index >= 15 is 0 Å². The van der Waals surface area contributed by atoms with Crippen LogP contribution < -0.4 is 0 Å². The lowest BCUT2D eigenvalue weighted by atomic mass is 9.96. The van der Waals surface area contributed by atoms with E-state index in [2.05, 4.69) is 11.3 Å². The Morgan fingerprint density at radius 1 is 1.69 bits per heavy atom. The summed E-state index contributed by atoms with van der Waals surface area (Å²) in [6, 6.07) is 0. The Morgan fingerprint density at radius 2 is 2.31 bits per heavy atom. The maximum absolute atomic E-state index is 11.2. The van der Waals surface area contributed by atoms with Gasteiger partial charge in [-0.1, -0.05) is 25.8 Å². The van der Waals surface area contributed by atoms with Gasteiger partial charge in [-0.3, -0.25) is 4.79 Å². The molecule has 3 nitrogen and oxygen atoms in total. The highest BCUT2D eigenvalue weighted by Gasteiger charge is 2.24. The number of carbonyl (C=O) groups excluding carboxylic acids is 1. The van der Waals surface area contributed by atoms with E-state index in [4.69, 9.17) is 0 Å². The normalized spacial score (nSPS) is 14.7. The number of aliphatic hydroxyl groups is 1. The van der Waals surface area contributed by atoms with Crippen LogP contribution in [0, 0.1) is 5.92 Å². The van der Waals surface area contributed by atoms with Crippen LogP contribution in [0.25, 0.3) is 0 Å². The third-order valence-corrected chi connectivity index (χ3v) is 2.03. The molecule has 0 aromatic carbocycles. The average Bonchev–Trinajstić information content (AvgIpc) is 2.17. The number of methoxy groups -OCH3 is 1. The van der Waals surface area contributed by atoms with Crippen LogP contribution in [-0.2, 0) is 9.53 Å². The summed E-state index contributed by atoms with van der Waals surface area (Å²) in [6.07, 6.45) is 3.13. The van der Waals surface area contributed by atoms with Crippen LogP contribution in [0.1, 0.15) is 26.2 Å². The maximum atomic E-state index is 11.2. The zero-order valence-electron chi connectivity index (χ0n) is 8.32. The highest BCUT2D eigenvalue weighted by Crippen LogP contribution is 2.15. The number of hydrogen-bond acceptors (Lipinski definition) is 3. The van der Waals surface area contributed by atoms with Gasteiger partial charge in [0.1, 0.15) is 0 Å². The third-order valence-electron chi connectivity index (χ3n) is 2.03. The lowest BCUT2D eigenvalue weighted by molar-refractivity contribution is -0.148. The van der Waals surface area contributed by atoms with Crippen LogP contribution in [0.3, 0.4) is 0 Å². The number of aliphatic hydroxyl groups excluding tert-OH is 1. The standard InChI is InChI=1S/C10H18O3/c1-4-6-7-8(9(11)5-2)10(12)13-3/h5,8-9,11H,2,4,6-7H2,1,3H3/t8-,9+/m1/s1. The molecule has 2 atom stereocenters. The van der Waals surface area contributed by atoms with E-state index in [0.29, 0.717) is 6.42 Å². The van der Waals surface area contributed by atoms with Crippen LogP contribution in [0.5, 0.6) is 0 Å². The zero-order chi connectivity index (χ0) is 10.3. The van der Waals surface area contributed by atoms with E-state index in [-0.39, 0.29) is 5.97 Å². The molecule has 0 amide bonds. The van der Waals surface area contributed by atoms with Gasteiger partial charge in [0.15, 0.2) is 0 Å². The quantitative estimate of drug-likeness (QED) is 0.505. The van der Waals surface area contributed by atoms with Crippen LogP contribution in [0.2, 0.25) is 0 Å². The highest BCUT2D eigenvalue weighted by atomic mass is 16.5. The second-order valence-corrected chi connectivity index (χ2v) is 3.00. The van der Waals surface area contributed by atoms with Crippen molar-refractivity contribution in [3.8, 4) is 0 Å². The fourth-order valence-corrected chi connectivity index (χ4v) is 1.17. The van der Waals surface area contributed by atoms with Crippen molar-refractivity contribution in [3.05, 3.63) is 12.7 Å². The Labute approximate surface area is 79.4 Å². The average molecular weight is 186 g/mol. The molecule has 0 saturated heterocycles. The molecule has 0 aromatic heterocycles. The molecule has 0 saturated carbocycles. The molecule has 0 unspecified atom stereocenters. The van der Waals surface area contributed by atoms with Gasteiger partial charge in [0.05, 0.1) is 19.1 Å². The van der Waals surface area contributed by atoms with E-state index in [1.165, 1.54) is 13.2 Å². The summed E-state index contributed by atoms with van der Waals surface area (Å²) in [5.41, 5.74) is 0. The topological polar surface area (TPSA) is 46.5 Å². The second kappa shape index (κ2) is 6.66. The molecule has 3 heteroatoms. The van der Waals surface area contributed by atoms with Crippen molar-refractivity contribution in [1.82, 2.24) is 0 Å². The lowest BCUT2D eigenvalue weighted by Crippen LogP contribution is -2.27. The van der Waals surface area contributed by atoms with Gasteiger partial charge in [-0.2, -0.15) is 0 Å². The van der Waals surface area contributed by atoms with Crippen LogP contribution in [0.4, 0.5) is 0 Å². The molecule has 76 valence electrons. The fourth-order valence-electron chi connectivity index (χ4n) is 1.17. The number of hydrogen-bond donors (Lipinski definition) is 1. The Bertz CT molecular complexity index is 166. The van der Waals surface area contributed by atoms with Crippen molar-refractivity contribution in [2.24, 2.45) is 5.92 Å². The van der Waals surface area contributed by atoms with Crippen molar-refractivity contribution in [2.45, 2.75) is 32.3 Å². The molecular weight excluding hydrogens is 168 g/mol. The van der Waals surface area contributed by atoms with Gasteiger partial charge in [0.2, 0.25) is 0 Å². The summed E-state index contributed by atoms with van der Waals surface area (Å²) >= 11 is 0. The first-order chi connectivity index (χ1) is 6.17. The van der Waals surface area contributed by atoms with E-state index < -0.39 is 12.0 Å². The summed E-state index contributed by atoms with van der Waals surface area (Å²) in [5, 5.41) is 9.43. The molecule has 0 aromatic rings. The minimum atomic E-state index is -0.793. The summed E-state index contributed by atoms with van der Waals surface area (Å²) in [7, 11) is 1.33. The van der Waals surface area contributed by atoms with Crippen molar-refractivity contribution >= 4 is 5.97 Å². The zero-order valence-corrected chi connectivity index (χ0v) is 8.32. The van der Waals surface area contributed by atoms with Crippen molar-refractivity contribution < 1.29 is 14.6 Å². The van der Waals surface area contributed by atoms with Gasteiger partial charge in [-0.25, -0.2) is 0 Å². The first kappa shape index (κ1) is 12.2. The minimum absolute atomic E-state index is 0.360. The van der Waals surface area contributed by atoms with E-state index in [1.54, 1.807) is 0 Å². The first-order valence-electron chi connectivity index (χ1n) is 4.55. The monoisotopic (exact) mass is 186 g/mol. The van der Waals surface area contributed by atoms with Crippen LogP contribution in [0.15, 0.2) is 12.7 Å². The van der Waals surface area contributed by atoms with Crippen molar-refractivity contribution in [2.75, 3.05) is 7.11 Å². The third kappa shape index (κ3) is 4.08. The molecule has 1 N–H and O–H groups in total. The van der Waals surface area contributed by atoms with E-state index in [0.717, 1.165) is 12.8 Å². The molecule has 0 radical (unpaired) electrons. The van der Waals surface area contributed by atoms with E-state index in [1.807, 2.05) is 6.92 Å². The van der Waals surface area contributed by atoms with E-state index in [9.17, 15) is 9.90 Å². The Morgan fingerprint density at radius 3 is 2.69 bits per heavy atom. The SMILES string of the molecule is C=C[C@H](O)[C@@H](CCCC)C(=O)OC. The van der Waals surface area contributed by atoms with Gasteiger partial charge in [-0.15, -0.1) is 6.58 Å². The van der Waals surface area contributed by atoms with Gasteiger partial charge >= 0.3 is 5.97 Å². The largest absolute Gasteiger partial charge is 0.469 e. The Balaban J connectivity index is 4.17. The molecule has 0 fully saturated rings.